The molecule has 0 fully saturated rings. The quantitative estimate of drug-likeness (QED) is 0.860. The number of hydrogen-bond acceptors (Lipinski definition) is 4. The van der Waals surface area contributed by atoms with Crippen LogP contribution in [-0.2, 0) is 16.0 Å². The highest BCUT2D eigenvalue weighted by molar-refractivity contribution is 7.12. The first-order valence-corrected chi connectivity index (χ1v) is 7.17. The number of amides is 1. The van der Waals surface area contributed by atoms with E-state index in [1.807, 2.05) is 30.3 Å². The highest BCUT2D eigenvalue weighted by Crippen LogP contribution is 2.23. The van der Waals surface area contributed by atoms with E-state index in [1.165, 1.54) is 11.3 Å². The topological polar surface area (TPSA) is 55.4 Å². The van der Waals surface area contributed by atoms with Crippen molar-refractivity contribution < 1.29 is 14.3 Å². The Morgan fingerprint density at radius 3 is 2.65 bits per heavy atom. The molecular formula is C15H15NO3S. The van der Waals surface area contributed by atoms with Crippen LogP contribution in [0.5, 0.6) is 0 Å². The molecule has 104 valence electrons. The van der Waals surface area contributed by atoms with E-state index in [1.54, 1.807) is 18.4 Å². The van der Waals surface area contributed by atoms with E-state index in [0.717, 1.165) is 5.56 Å². The van der Waals surface area contributed by atoms with Gasteiger partial charge in [0.05, 0.1) is 18.7 Å². The highest BCUT2D eigenvalue weighted by Gasteiger charge is 2.16. The molecule has 1 amide bonds. The smallest absolute Gasteiger partial charge is 0.350 e. The number of ether oxygens (including phenoxy) is 1. The van der Waals surface area contributed by atoms with Crippen molar-refractivity contribution in [3.63, 3.8) is 0 Å². The number of benzene rings is 1. The molecule has 0 saturated carbocycles. The minimum Gasteiger partial charge on any atom is -0.462 e. The molecule has 0 bridgehead atoms. The average Bonchev–Trinajstić information content (AvgIpc) is 2.88. The summed E-state index contributed by atoms with van der Waals surface area (Å²) < 4.78 is 4.95. The summed E-state index contributed by atoms with van der Waals surface area (Å²) in [6.45, 7) is 2.06. The fraction of sp³-hybridized carbons (Fsp3) is 0.200. The molecule has 2 rings (SSSR count). The van der Waals surface area contributed by atoms with Gasteiger partial charge in [-0.25, -0.2) is 4.79 Å². The lowest BCUT2D eigenvalue weighted by Crippen LogP contribution is -2.16. The van der Waals surface area contributed by atoms with E-state index in [9.17, 15) is 9.59 Å². The Bertz CT molecular complexity index is 592. The highest BCUT2D eigenvalue weighted by atomic mass is 32.1. The normalized spacial score (nSPS) is 10.1. The van der Waals surface area contributed by atoms with Gasteiger partial charge < -0.3 is 10.1 Å². The van der Waals surface area contributed by atoms with Gasteiger partial charge in [-0.2, -0.15) is 0 Å². The zero-order valence-electron chi connectivity index (χ0n) is 11.1. The number of nitrogens with one attached hydrogen (secondary N) is 1. The Balaban J connectivity index is 2.02. The predicted octanol–water partition coefficient (Wildman–Crippen LogP) is 3.11. The summed E-state index contributed by atoms with van der Waals surface area (Å²) in [6.07, 6.45) is 0.277. The minimum atomic E-state index is -0.405. The van der Waals surface area contributed by atoms with E-state index < -0.39 is 5.97 Å². The van der Waals surface area contributed by atoms with Gasteiger partial charge in [0.1, 0.15) is 4.88 Å². The summed E-state index contributed by atoms with van der Waals surface area (Å²) in [7, 11) is 0. The molecule has 2 aromatic rings. The Morgan fingerprint density at radius 1 is 1.20 bits per heavy atom. The number of esters is 1. The molecule has 20 heavy (non-hydrogen) atoms. The van der Waals surface area contributed by atoms with Crippen molar-refractivity contribution in [2.45, 2.75) is 13.3 Å². The van der Waals surface area contributed by atoms with Crippen molar-refractivity contribution in [3.05, 3.63) is 52.2 Å². The third kappa shape index (κ3) is 3.68. The molecular weight excluding hydrogens is 274 g/mol. The largest absolute Gasteiger partial charge is 0.462 e. The van der Waals surface area contributed by atoms with E-state index in [4.69, 9.17) is 4.74 Å². The zero-order chi connectivity index (χ0) is 14.4. The number of rotatable bonds is 5. The molecule has 0 saturated heterocycles. The molecule has 1 aromatic heterocycles. The first-order valence-electron chi connectivity index (χ1n) is 6.29. The molecule has 0 aliphatic carbocycles. The van der Waals surface area contributed by atoms with Crippen molar-refractivity contribution in [2.24, 2.45) is 0 Å². The van der Waals surface area contributed by atoms with E-state index in [2.05, 4.69) is 5.32 Å². The average molecular weight is 289 g/mol. The predicted molar refractivity (Wildman–Crippen MR) is 79.1 cm³/mol. The molecule has 1 heterocycles. The lowest BCUT2D eigenvalue weighted by Gasteiger charge is -2.06. The molecule has 1 aromatic carbocycles. The third-order valence-electron chi connectivity index (χ3n) is 2.61. The van der Waals surface area contributed by atoms with Crippen LogP contribution in [0.4, 0.5) is 5.69 Å². The van der Waals surface area contributed by atoms with Gasteiger partial charge in [-0.05, 0) is 23.9 Å². The van der Waals surface area contributed by atoms with Gasteiger partial charge in [0.15, 0.2) is 0 Å². The number of carbonyl (C=O) groups excluding carboxylic acids is 2. The molecule has 1 N–H and O–H groups in total. The lowest BCUT2D eigenvalue weighted by atomic mass is 10.1. The molecule has 0 aliphatic rings. The van der Waals surface area contributed by atoms with Crippen molar-refractivity contribution in [3.8, 4) is 0 Å². The number of anilines is 1. The monoisotopic (exact) mass is 289 g/mol. The second-order valence-corrected chi connectivity index (χ2v) is 5.01. The van der Waals surface area contributed by atoms with Crippen LogP contribution >= 0.6 is 11.3 Å². The zero-order valence-corrected chi connectivity index (χ0v) is 11.9. The van der Waals surface area contributed by atoms with Crippen LogP contribution in [0.1, 0.15) is 22.2 Å². The molecule has 0 unspecified atom stereocenters. The molecule has 0 aliphatic heterocycles. The maximum atomic E-state index is 12.0. The van der Waals surface area contributed by atoms with Gasteiger partial charge in [-0.15, -0.1) is 11.3 Å². The van der Waals surface area contributed by atoms with Gasteiger partial charge in [0.2, 0.25) is 5.91 Å². The van der Waals surface area contributed by atoms with Crippen molar-refractivity contribution in [1.29, 1.82) is 0 Å². The van der Waals surface area contributed by atoms with Gasteiger partial charge in [0, 0.05) is 0 Å². The molecule has 4 nitrogen and oxygen atoms in total. The summed E-state index contributed by atoms with van der Waals surface area (Å²) in [5, 5.41) is 4.50. The van der Waals surface area contributed by atoms with Crippen LogP contribution < -0.4 is 5.32 Å². The van der Waals surface area contributed by atoms with Crippen LogP contribution in [0.3, 0.4) is 0 Å². The first kappa shape index (κ1) is 14.3. The molecule has 5 heteroatoms. The van der Waals surface area contributed by atoms with Crippen molar-refractivity contribution >= 4 is 28.9 Å². The number of carbonyl (C=O) groups is 2. The van der Waals surface area contributed by atoms with Gasteiger partial charge in [-0.1, -0.05) is 30.3 Å². The summed E-state index contributed by atoms with van der Waals surface area (Å²) in [5.41, 5.74) is 1.44. The maximum Gasteiger partial charge on any atom is 0.350 e. The van der Waals surface area contributed by atoms with Gasteiger partial charge >= 0.3 is 5.97 Å². The summed E-state index contributed by atoms with van der Waals surface area (Å²) >= 11 is 1.26. The minimum absolute atomic E-state index is 0.153. The van der Waals surface area contributed by atoms with Gasteiger partial charge in [-0.3, -0.25) is 4.79 Å². The summed E-state index contributed by atoms with van der Waals surface area (Å²) in [5.74, 6) is -0.558. The fourth-order valence-electron chi connectivity index (χ4n) is 1.74. The summed E-state index contributed by atoms with van der Waals surface area (Å²) in [4.78, 5) is 24.1. The van der Waals surface area contributed by atoms with Gasteiger partial charge in [0.25, 0.3) is 0 Å². The molecule has 0 radical (unpaired) electrons. The Hall–Kier alpha value is -2.14. The Kier molecular flexibility index (Phi) is 4.90. The number of thiophene rings is 1. The first-order chi connectivity index (χ1) is 9.70. The standard InChI is InChI=1S/C15H15NO3S/c1-2-19-15(18)14-12(8-9-20-14)16-13(17)10-11-6-4-3-5-7-11/h3-9H,2,10H2,1H3,(H,16,17). The van der Waals surface area contributed by atoms with E-state index in [-0.39, 0.29) is 12.3 Å². The lowest BCUT2D eigenvalue weighted by molar-refractivity contribution is -0.115. The maximum absolute atomic E-state index is 12.0. The second-order valence-electron chi connectivity index (χ2n) is 4.09. The van der Waals surface area contributed by atoms with Crippen molar-refractivity contribution in [1.82, 2.24) is 0 Å². The summed E-state index contributed by atoms with van der Waals surface area (Å²) in [6, 6.07) is 11.2. The van der Waals surface area contributed by atoms with Crippen LogP contribution in [-0.4, -0.2) is 18.5 Å². The SMILES string of the molecule is CCOC(=O)c1sccc1NC(=O)Cc1ccccc1. The third-order valence-corrected chi connectivity index (χ3v) is 3.50. The molecule has 0 spiro atoms. The second kappa shape index (κ2) is 6.86. The van der Waals surface area contributed by atoms with Crippen LogP contribution in [0.25, 0.3) is 0 Å². The molecule has 0 atom stereocenters. The fourth-order valence-corrected chi connectivity index (χ4v) is 2.48. The number of hydrogen-bond donors (Lipinski definition) is 1. The van der Waals surface area contributed by atoms with Crippen LogP contribution in [0.15, 0.2) is 41.8 Å². The van der Waals surface area contributed by atoms with E-state index in [0.29, 0.717) is 17.2 Å². The Labute approximate surface area is 121 Å². The van der Waals surface area contributed by atoms with Crippen LogP contribution in [0, 0.1) is 0 Å². The Morgan fingerprint density at radius 2 is 1.95 bits per heavy atom. The van der Waals surface area contributed by atoms with Crippen LogP contribution in [0.2, 0.25) is 0 Å². The van der Waals surface area contributed by atoms with Crippen molar-refractivity contribution in [2.75, 3.05) is 11.9 Å². The van der Waals surface area contributed by atoms with E-state index >= 15 is 0 Å².